The van der Waals surface area contributed by atoms with Crippen LogP contribution in [-0.2, 0) is 9.53 Å². The lowest BCUT2D eigenvalue weighted by Gasteiger charge is -2.29. The van der Waals surface area contributed by atoms with Crippen LogP contribution in [-0.4, -0.2) is 37.1 Å². The Morgan fingerprint density at radius 3 is 2.62 bits per heavy atom. The molecule has 1 heterocycles. The Kier molecular flexibility index (Phi) is 4.32. The summed E-state index contributed by atoms with van der Waals surface area (Å²) in [5, 5.41) is 2.73. The molecule has 1 aromatic carbocycles. The molecule has 0 fully saturated rings. The number of benzene rings is 1. The number of hydrogen-bond acceptors (Lipinski definition) is 3. The monoisotopic (exact) mass is 290 g/mol. The molecule has 21 heavy (non-hydrogen) atoms. The SMILES string of the molecule is COC(C)(C)CCN1C(=O)C(C)NC(=O)c2ccccc21. The highest BCUT2D eigenvalue weighted by Gasteiger charge is 2.31. The number of nitrogens with zero attached hydrogens (tertiary/aromatic N) is 1. The van der Waals surface area contributed by atoms with Crippen molar-refractivity contribution in [3.05, 3.63) is 29.8 Å². The normalized spacial score (nSPS) is 19.0. The fourth-order valence-corrected chi connectivity index (χ4v) is 2.30. The average molecular weight is 290 g/mol. The molecule has 1 unspecified atom stereocenters. The van der Waals surface area contributed by atoms with E-state index >= 15 is 0 Å². The van der Waals surface area contributed by atoms with Gasteiger partial charge in [0, 0.05) is 13.7 Å². The van der Waals surface area contributed by atoms with Gasteiger partial charge in [0.2, 0.25) is 5.91 Å². The standard InChI is InChI=1S/C16H22N2O3/c1-11-15(20)18(10-9-16(2,3)21-4)13-8-6-5-7-12(13)14(19)17-11/h5-8,11H,9-10H2,1-4H3,(H,17,19). The first-order chi connectivity index (χ1) is 9.85. The van der Waals surface area contributed by atoms with Crippen molar-refractivity contribution in [3.8, 4) is 0 Å². The van der Waals surface area contributed by atoms with Gasteiger partial charge >= 0.3 is 0 Å². The number of carbonyl (C=O) groups excluding carboxylic acids is 2. The van der Waals surface area contributed by atoms with Crippen molar-refractivity contribution in [1.29, 1.82) is 0 Å². The highest BCUT2D eigenvalue weighted by Crippen LogP contribution is 2.26. The van der Waals surface area contributed by atoms with Crippen LogP contribution in [0.3, 0.4) is 0 Å². The number of methoxy groups -OCH3 is 1. The first-order valence-corrected chi connectivity index (χ1v) is 7.12. The maximum absolute atomic E-state index is 12.5. The van der Waals surface area contributed by atoms with Crippen molar-refractivity contribution in [1.82, 2.24) is 5.32 Å². The fraction of sp³-hybridized carbons (Fsp3) is 0.500. The number of fused-ring (bicyclic) bond motifs is 1. The molecular weight excluding hydrogens is 268 g/mol. The van der Waals surface area contributed by atoms with Crippen molar-refractivity contribution in [2.24, 2.45) is 0 Å². The van der Waals surface area contributed by atoms with E-state index in [2.05, 4.69) is 5.32 Å². The summed E-state index contributed by atoms with van der Waals surface area (Å²) in [7, 11) is 1.66. The molecule has 5 heteroatoms. The summed E-state index contributed by atoms with van der Waals surface area (Å²) < 4.78 is 5.41. The van der Waals surface area contributed by atoms with Crippen LogP contribution in [0.5, 0.6) is 0 Å². The minimum absolute atomic E-state index is 0.0970. The molecule has 0 aliphatic carbocycles. The molecule has 0 spiro atoms. The van der Waals surface area contributed by atoms with E-state index in [0.29, 0.717) is 24.2 Å². The summed E-state index contributed by atoms with van der Waals surface area (Å²) in [4.78, 5) is 26.4. The maximum Gasteiger partial charge on any atom is 0.254 e. The highest BCUT2D eigenvalue weighted by atomic mass is 16.5. The quantitative estimate of drug-likeness (QED) is 0.922. The van der Waals surface area contributed by atoms with Gasteiger partial charge in [-0.15, -0.1) is 0 Å². The molecule has 2 rings (SSSR count). The van der Waals surface area contributed by atoms with Crippen LogP contribution < -0.4 is 10.2 Å². The first-order valence-electron chi connectivity index (χ1n) is 7.12. The van der Waals surface area contributed by atoms with Crippen LogP contribution in [0.4, 0.5) is 5.69 Å². The topological polar surface area (TPSA) is 58.6 Å². The Balaban J connectivity index is 2.34. The Labute approximate surface area is 125 Å². The summed E-state index contributed by atoms with van der Waals surface area (Å²) in [6.45, 7) is 6.18. The molecule has 5 nitrogen and oxygen atoms in total. The molecular formula is C16H22N2O3. The predicted molar refractivity (Wildman–Crippen MR) is 81.4 cm³/mol. The molecule has 0 saturated heterocycles. The summed E-state index contributed by atoms with van der Waals surface area (Å²) in [6, 6.07) is 6.66. The molecule has 0 aromatic heterocycles. The van der Waals surface area contributed by atoms with Crippen molar-refractivity contribution in [3.63, 3.8) is 0 Å². The highest BCUT2D eigenvalue weighted by molar-refractivity contribution is 6.10. The van der Waals surface area contributed by atoms with E-state index in [1.165, 1.54) is 0 Å². The van der Waals surface area contributed by atoms with E-state index in [-0.39, 0.29) is 17.4 Å². The number of para-hydroxylation sites is 1. The third-order valence-corrected chi connectivity index (χ3v) is 3.91. The van der Waals surface area contributed by atoms with Crippen LogP contribution in [0, 0.1) is 0 Å². The third kappa shape index (κ3) is 3.24. The second kappa shape index (κ2) is 5.85. The molecule has 0 bridgehead atoms. The third-order valence-electron chi connectivity index (χ3n) is 3.91. The Hall–Kier alpha value is -1.88. The maximum atomic E-state index is 12.5. The van der Waals surface area contributed by atoms with Gasteiger partial charge in [-0.05, 0) is 39.3 Å². The minimum Gasteiger partial charge on any atom is -0.379 e. The first kappa shape index (κ1) is 15.5. The van der Waals surface area contributed by atoms with Crippen LogP contribution in [0.1, 0.15) is 37.6 Å². The van der Waals surface area contributed by atoms with Gasteiger partial charge in [-0.2, -0.15) is 0 Å². The zero-order chi connectivity index (χ0) is 15.6. The van der Waals surface area contributed by atoms with Gasteiger partial charge in [0.15, 0.2) is 0 Å². The number of carbonyl (C=O) groups is 2. The molecule has 1 aromatic rings. The van der Waals surface area contributed by atoms with Gasteiger partial charge in [-0.3, -0.25) is 9.59 Å². The fourth-order valence-electron chi connectivity index (χ4n) is 2.30. The second-order valence-electron chi connectivity index (χ2n) is 5.92. The lowest BCUT2D eigenvalue weighted by atomic mass is 10.0. The van der Waals surface area contributed by atoms with Crippen LogP contribution in [0.15, 0.2) is 24.3 Å². The van der Waals surface area contributed by atoms with Gasteiger partial charge in [-0.1, -0.05) is 12.1 Å². The number of amides is 2. The second-order valence-corrected chi connectivity index (χ2v) is 5.92. The molecule has 2 amide bonds. The van der Waals surface area contributed by atoms with Crippen molar-refractivity contribution < 1.29 is 14.3 Å². The van der Waals surface area contributed by atoms with E-state index in [9.17, 15) is 9.59 Å². The van der Waals surface area contributed by atoms with E-state index in [4.69, 9.17) is 4.74 Å². The van der Waals surface area contributed by atoms with Gasteiger partial charge in [-0.25, -0.2) is 0 Å². The number of anilines is 1. The minimum atomic E-state index is -0.532. The van der Waals surface area contributed by atoms with E-state index in [1.807, 2.05) is 26.0 Å². The Bertz CT molecular complexity index is 554. The Morgan fingerprint density at radius 1 is 1.29 bits per heavy atom. The molecule has 1 N–H and O–H groups in total. The van der Waals surface area contributed by atoms with Gasteiger partial charge in [0.1, 0.15) is 6.04 Å². The van der Waals surface area contributed by atoms with E-state index in [1.54, 1.807) is 31.1 Å². The molecule has 0 saturated carbocycles. The Morgan fingerprint density at radius 2 is 1.95 bits per heavy atom. The van der Waals surface area contributed by atoms with Gasteiger partial charge < -0.3 is 15.0 Å². The van der Waals surface area contributed by atoms with Crippen molar-refractivity contribution in [2.75, 3.05) is 18.6 Å². The van der Waals surface area contributed by atoms with Crippen molar-refractivity contribution >= 4 is 17.5 Å². The van der Waals surface area contributed by atoms with Crippen molar-refractivity contribution in [2.45, 2.75) is 38.8 Å². The number of ether oxygens (including phenoxy) is 1. The number of nitrogens with one attached hydrogen (secondary N) is 1. The number of hydrogen-bond donors (Lipinski definition) is 1. The van der Waals surface area contributed by atoms with Crippen LogP contribution in [0.2, 0.25) is 0 Å². The lowest BCUT2D eigenvalue weighted by Crippen LogP contribution is -2.45. The smallest absolute Gasteiger partial charge is 0.254 e. The lowest BCUT2D eigenvalue weighted by molar-refractivity contribution is -0.120. The summed E-state index contributed by atoms with van der Waals surface area (Å²) in [5.74, 6) is -0.305. The van der Waals surface area contributed by atoms with Gasteiger partial charge in [0.25, 0.3) is 5.91 Å². The summed E-state index contributed by atoms with van der Waals surface area (Å²) in [5.41, 5.74) is 0.879. The zero-order valence-corrected chi connectivity index (χ0v) is 13.0. The average Bonchev–Trinajstić information content (AvgIpc) is 2.55. The molecule has 1 atom stereocenters. The molecule has 1 aliphatic rings. The number of rotatable bonds is 4. The summed E-state index contributed by atoms with van der Waals surface area (Å²) in [6.07, 6.45) is 0.685. The predicted octanol–water partition coefficient (Wildman–Crippen LogP) is 1.97. The zero-order valence-electron chi connectivity index (χ0n) is 13.0. The van der Waals surface area contributed by atoms with Crippen LogP contribution in [0.25, 0.3) is 0 Å². The van der Waals surface area contributed by atoms with Gasteiger partial charge in [0.05, 0.1) is 16.9 Å². The van der Waals surface area contributed by atoms with E-state index < -0.39 is 6.04 Å². The summed E-state index contributed by atoms with van der Waals surface area (Å²) >= 11 is 0. The molecule has 1 aliphatic heterocycles. The van der Waals surface area contributed by atoms with E-state index in [0.717, 1.165) is 0 Å². The molecule has 114 valence electrons. The largest absolute Gasteiger partial charge is 0.379 e. The molecule has 0 radical (unpaired) electrons. The van der Waals surface area contributed by atoms with Crippen LogP contribution >= 0.6 is 0 Å².